The van der Waals surface area contributed by atoms with Crippen molar-refractivity contribution in [1.82, 2.24) is 0 Å². The minimum absolute atomic E-state index is 0. The fourth-order valence-electron chi connectivity index (χ4n) is 5.56. The highest BCUT2D eigenvalue weighted by Gasteiger charge is 2.06. The highest BCUT2D eigenvalue weighted by Crippen LogP contribution is 2.14. The SMILES string of the molecule is CCCCCCCCCCCCCCCC[N+](C)(C)C.CCCCCCCCCCCCCCCC[N+](C)(C)C.[OH-].[OH-]. The number of hydrogen-bond donors (Lipinski definition) is 0. The third-order valence-electron chi connectivity index (χ3n) is 8.36. The highest BCUT2D eigenvalue weighted by atomic mass is 16.0. The number of nitrogens with zero attached hydrogens (tertiary/aromatic N) is 2. The summed E-state index contributed by atoms with van der Waals surface area (Å²) >= 11 is 0. The largest absolute Gasteiger partial charge is 0.870 e. The van der Waals surface area contributed by atoms with Gasteiger partial charge in [0.05, 0.1) is 55.4 Å². The van der Waals surface area contributed by atoms with Gasteiger partial charge < -0.3 is 19.9 Å². The van der Waals surface area contributed by atoms with Crippen LogP contribution in [0.25, 0.3) is 0 Å². The third-order valence-corrected chi connectivity index (χ3v) is 8.36. The Morgan fingerprint density at radius 3 is 0.524 bits per heavy atom. The molecule has 0 aromatic carbocycles. The predicted molar refractivity (Wildman–Crippen MR) is 190 cm³/mol. The molecule has 4 nitrogen and oxygen atoms in total. The Balaban J connectivity index is -0.000000328. The molecule has 0 aliphatic carbocycles. The van der Waals surface area contributed by atoms with Crippen LogP contribution in [0, 0.1) is 0 Å². The average molecular weight is 603 g/mol. The minimum Gasteiger partial charge on any atom is -0.870 e. The van der Waals surface area contributed by atoms with Crippen molar-refractivity contribution in [2.45, 2.75) is 194 Å². The first-order valence-corrected chi connectivity index (χ1v) is 18.7. The van der Waals surface area contributed by atoms with Crippen molar-refractivity contribution in [3.63, 3.8) is 0 Å². The van der Waals surface area contributed by atoms with Crippen molar-refractivity contribution < 1.29 is 19.9 Å². The lowest BCUT2D eigenvalue weighted by Crippen LogP contribution is -2.35. The summed E-state index contributed by atoms with van der Waals surface area (Å²) in [5.74, 6) is 0. The molecule has 0 amide bonds. The van der Waals surface area contributed by atoms with E-state index >= 15 is 0 Å². The Labute approximate surface area is 268 Å². The zero-order valence-electron chi connectivity index (χ0n) is 31.0. The monoisotopic (exact) mass is 603 g/mol. The van der Waals surface area contributed by atoms with Crippen molar-refractivity contribution in [2.75, 3.05) is 55.4 Å². The molecule has 0 unspecified atom stereocenters. The number of hydrogen-bond acceptors (Lipinski definition) is 2. The first-order chi connectivity index (χ1) is 19.1. The van der Waals surface area contributed by atoms with Crippen LogP contribution in [0.5, 0.6) is 0 Å². The lowest BCUT2D eigenvalue weighted by molar-refractivity contribution is -0.870. The Kier molecular flexibility index (Phi) is 43.0. The molecule has 0 aromatic heterocycles. The number of rotatable bonds is 30. The van der Waals surface area contributed by atoms with Gasteiger partial charge in [-0.25, -0.2) is 0 Å². The van der Waals surface area contributed by atoms with Gasteiger partial charge in [0.1, 0.15) is 0 Å². The molecule has 0 saturated heterocycles. The molecule has 42 heavy (non-hydrogen) atoms. The van der Waals surface area contributed by atoms with Gasteiger partial charge in [0.2, 0.25) is 0 Å². The van der Waals surface area contributed by atoms with Crippen LogP contribution in [0.1, 0.15) is 194 Å². The first kappa shape index (κ1) is 48.7. The Hall–Kier alpha value is -0.160. The molecule has 2 N–H and O–H groups in total. The highest BCUT2D eigenvalue weighted by molar-refractivity contribution is 4.50. The van der Waals surface area contributed by atoms with E-state index in [2.05, 4.69) is 56.1 Å². The summed E-state index contributed by atoms with van der Waals surface area (Å²) in [6, 6.07) is 0. The third kappa shape index (κ3) is 52.5. The average Bonchev–Trinajstić information content (AvgIpc) is 2.88. The fraction of sp³-hybridized carbons (Fsp3) is 1.00. The molecule has 0 aliphatic heterocycles. The van der Waals surface area contributed by atoms with E-state index in [-0.39, 0.29) is 11.0 Å². The zero-order valence-corrected chi connectivity index (χ0v) is 31.0. The van der Waals surface area contributed by atoms with E-state index in [1.807, 2.05) is 0 Å². The normalized spacial score (nSPS) is 11.4. The first-order valence-electron chi connectivity index (χ1n) is 18.7. The molecule has 0 fully saturated rings. The molecule has 0 radical (unpaired) electrons. The maximum atomic E-state index is 2.29. The molecule has 4 heteroatoms. The van der Waals surface area contributed by atoms with Crippen molar-refractivity contribution in [1.29, 1.82) is 0 Å². The van der Waals surface area contributed by atoms with E-state index in [0.29, 0.717) is 0 Å². The second-order valence-electron chi connectivity index (χ2n) is 15.2. The van der Waals surface area contributed by atoms with E-state index < -0.39 is 0 Å². The van der Waals surface area contributed by atoms with Crippen molar-refractivity contribution >= 4 is 0 Å². The van der Waals surface area contributed by atoms with E-state index in [1.54, 1.807) is 0 Å². The molecule has 0 aliphatic rings. The molecule has 0 aromatic rings. The van der Waals surface area contributed by atoms with Gasteiger partial charge in [-0.1, -0.05) is 168 Å². The van der Waals surface area contributed by atoms with E-state index in [1.165, 1.54) is 193 Å². The number of unbranched alkanes of at least 4 members (excludes halogenated alkanes) is 26. The Morgan fingerprint density at radius 2 is 0.381 bits per heavy atom. The molecule has 0 spiro atoms. The Bertz CT molecular complexity index is 415. The standard InChI is InChI=1S/2C19H42N.2H2O/c2*1-5-6-7-8-9-10-11-12-13-14-15-16-17-18-19-20(2,3)4;;/h2*5-19H2,1-4H3;2*1H2/q2*+1;;/p-2. The van der Waals surface area contributed by atoms with Crippen LogP contribution in [0.15, 0.2) is 0 Å². The second kappa shape index (κ2) is 37.0. The summed E-state index contributed by atoms with van der Waals surface area (Å²) < 4.78 is 2.25. The molecular weight excluding hydrogens is 516 g/mol. The summed E-state index contributed by atoms with van der Waals surface area (Å²) in [5.41, 5.74) is 0. The zero-order chi connectivity index (χ0) is 30.2. The molecule has 0 saturated carbocycles. The van der Waals surface area contributed by atoms with Gasteiger partial charge in [0.25, 0.3) is 0 Å². The van der Waals surface area contributed by atoms with Crippen LogP contribution in [0.4, 0.5) is 0 Å². The minimum atomic E-state index is 0. The van der Waals surface area contributed by atoms with Crippen molar-refractivity contribution in [2.24, 2.45) is 0 Å². The lowest BCUT2D eigenvalue weighted by atomic mass is 10.0. The van der Waals surface area contributed by atoms with E-state index in [9.17, 15) is 0 Å². The van der Waals surface area contributed by atoms with Crippen LogP contribution in [-0.4, -0.2) is 75.3 Å². The maximum Gasteiger partial charge on any atom is 0.0780 e. The topological polar surface area (TPSA) is 60.0 Å². The van der Waals surface area contributed by atoms with E-state index in [0.717, 1.165) is 8.97 Å². The van der Waals surface area contributed by atoms with Gasteiger partial charge in [0.15, 0.2) is 0 Å². The van der Waals surface area contributed by atoms with Gasteiger partial charge in [-0.3, -0.25) is 0 Å². The van der Waals surface area contributed by atoms with Crippen LogP contribution < -0.4 is 0 Å². The summed E-state index contributed by atoms with van der Waals surface area (Å²) in [7, 11) is 13.8. The van der Waals surface area contributed by atoms with Crippen LogP contribution in [0.2, 0.25) is 0 Å². The molecule has 0 atom stereocenters. The summed E-state index contributed by atoms with van der Waals surface area (Å²) in [5, 5.41) is 0. The molecule has 0 bridgehead atoms. The second-order valence-corrected chi connectivity index (χ2v) is 15.2. The van der Waals surface area contributed by atoms with Gasteiger partial charge in [-0.2, -0.15) is 0 Å². The molecule has 0 rings (SSSR count). The summed E-state index contributed by atoms with van der Waals surface area (Å²) in [4.78, 5) is 0. The van der Waals surface area contributed by atoms with Crippen LogP contribution >= 0.6 is 0 Å². The number of quaternary nitrogens is 2. The molecular formula is C38H86N2O2. The summed E-state index contributed by atoms with van der Waals surface area (Å²) in [6.07, 6.45) is 40.7. The van der Waals surface area contributed by atoms with E-state index in [4.69, 9.17) is 0 Å². The predicted octanol–water partition coefficient (Wildman–Crippen LogP) is 12.0. The lowest BCUT2D eigenvalue weighted by Gasteiger charge is -2.23. The van der Waals surface area contributed by atoms with Crippen molar-refractivity contribution in [3.8, 4) is 0 Å². The molecule has 0 heterocycles. The van der Waals surface area contributed by atoms with Crippen LogP contribution in [-0.2, 0) is 0 Å². The van der Waals surface area contributed by atoms with Gasteiger partial charge >= 0.3 is 0 Å². The molecule has 260 valence electrons. The van der Waals surface area contributed by atoms with Crippen molar-refractivity contribution in [3.05, 3.63) is 0 Å². The smallest absolute Gasteiger partial charge is 0.0780 e. The Morgan fingerprint density at radius 1 is 0.238 bits per heavy atom. The maximum absolute atomic E-state index is 2.29. The van der Waals surface area contributed by atoms with Crippen LogP contribution in [0.3, 0.4) is 0 Å². The van der Waals surface area contributed by atoms with Gasteiger partial charge in [0, 0.05) is 0 Å². The fourth-order valence-corrected chi connectivity index (χ4v) is 5.56. The summed E-state index contributed by atoms with van der Waals surface area (Å²) in [6.45, 7) is 7.25. The quantitative estimate of drug-likeness (QED) is 0.0606. The van der Waals surface area contributed by atoms with Gasteiger partial charge in [-0.05, 0) is 25.7 Å². The van der Waals surface area contributed by atoms with Gasteiger partial charge in [-0.15, -0.1) is 0 Å².